The van der Waals surface area contributed by atoms with Crippen molar-refractivity contribution in [3.63, 3.8) is 0 Å². The van der Waals surface area contributed by atoms with Crippen LogP contribution in [0.2, 0.25) is 0 Å². The van der Waals surface area contributed by atoms with E-state index >= 15 is 0 Å². The van der Waals surface area contributed by atoms with Gasteiger partial charge in [0, 0.05) is 53.6 Å². The number of alkyl halides is 2. The van der Waals surface area contributed by atoms with Crippen LogP contribution in [0.25, 0.3) is 0 Å². The number of nitrogens with two attached hydrogens (primary N) is 3. The van der Waals surface area contributed by atoms with E-state index in [2.05, 4.69) is 140 Å². The number of carbonyl (C=O) groups is 6. The molecule has 3 amide bonds. The van der Waals surface area contributed by atoms with Crippen LogP contribution in [0.3, 0.4) is 0 Å². The van der Waals surface area contributed by atoms with Crippen LogP contribution in [0.15, 0.2) is 140 Å². The van der Waals surface area contributed by atoms with E-state index in [4.69, 9.17) is 64.5 Å². The molecule has 10 N–H and O–H groups in total. The van der Waals surface area contributed by atoms with E-state index in [1.165, 1.54) is 16.7 Å². The summed E-state index contributed by atoms with van der Waals surface area (Å²) in [7, 11) is 1.00. The molecule has 0 bridgehead atoms. The summed E-state index contributed by atoms with van der Waals surface area (Å²) in [6.07, 6.45) is 43.1. The van der Waals surface area contributed by atoms with Crippen molar-refractivity contribution < 1.29 is 99.1 Å². The summed E-state index contributed by atoms with van der Waals surface area (Å²) in [5, 5.41) is 38.3. The molecule has 0 spiro atoms. The zero-order chi connectivity index (χ0) is 85.2. The number of amides is 3. The summed E-state index contributed by atoms with van der Waals surface area (Å²) in [5.41, 5.74) is 24.7. The molecular weight excluding hydrogens is 1510 g/mol. The standard InChI is InChI=1S/C35H51NO7.C29H39NO3.C29H43NO3.CH2Cl2.CH4O.B.Na.H/c1-9-40-29(38)42-24-14-15-31(4)18-21-35(8)26-22-33(6,28(36)37)17-16-32(26,5)19-20-34(35,7)25(31)13-11-12-23(3)27(24)43-30(39)41-10-2;1-17-18-7-8-21-27(4,19(18)15-20(31)23(17)32)12-14-29(6)22-16-26(3,24(30)33)10-9-25(22,2)11-13-28(21,29)5;1-19-8-7-9-21-25(2,11-10-20(31)23(19)32)14-17-29(6)22-18-27(4,24(30)33)13-12-26(22,3)15-16-28(21,29)5;2-1-3;1-2;;;/h12-15,26H,9-11,16-22H2,1-8H3,(H2,36,37);7-8,15,22,32H,9-14,16H2,1-6H3,(H2,30,33);8-11,22,31-32H,7,12-18H2,1-6H3,(H2,30,33);1H2;2H,1H3;;;/q;;;;;;+1;-1/b15-14+,23-12+,25-13+,27-24-;;11-10+,19-8+,21-9+,23-20-;;;;;/t26-,31-,32-,33-,34-,35+;22-,25-,26-,27+,28-,29+;22-,25-,26-,27-,28-,29+;;;;;/m111...../s1. The van der Waals surface area contributed by atoms with Crippen molar-refractivity contribution in [3.8, 4) is 0 Å². The minimum atomic E-state index is -0.873. The molecular formula is C95H140BCl2N3NaO14. The molecule has 0 aromatic rings. The third kappa shape index (κ3) is 16.6. The number of hydrogen-bond donors (Lipinski definition) is 7. The van der Waals surface area contributed by atoms with Gasteiger partial charge in [-0.3, -0.25) is 19.2 Å². The van der Waals surface area contributed by atoms with Crippen molar-refractivity contribution in [1.82, 2.24) is 0 Å². The molecule has 13 rings (SSSR count). The molecule has 3 radical (unpaired) electrons. The van der Waals surface area contributed by atoms with E-state index in [0.717, 1.165) is 160 Å². The minimum Gasteiger partial charge on any atom is -1.00 e. The van der Waals surface area contributed by atoms with Gasteiger partial charge in [0.25, 0.3) is 0 Å². The largest absolute Gasteiger partial charge is 1.00 e. The van der Waals surface area contributed by atoms with E-state index in [1.807, 2.05) is 32.9 Å². The number of hydrogen-bond acceptors (Lipinski definition) is 14. The summed E-state index contributed by atoms with van der Waals surface area (Å²) >= 11 is 9.53. The fourth-order valence-electron chi connectivity index (χ4n) is 25.5. The Morgan fingerprint density at radius 2 is 0.845 bits per heavy atom. The third-order valence-corrected chi connectivity index (χ3v) is 34.1. The quantitative estimate of drug-likeness (QED) is 0.0540. The smallest absolute Gasteiger partial charge is 1.00 e. The number of primary amides is 3. The topological polar surface area (TPSA) is 298 Å². The van der Waals surface area contributed by atoms with Gasteiger partial charge in [0.05, 0.1) is 18.6 Å². The molecule has 17 nitrogen and oxygen atoms in total. The summed E-state index contributed by atoms with van der Waals surface area (Å²) in [4.78, 5) is 75.0. The summed E-state index contributed by atoms with van der Waals surface area (Å²) < 4.78 is 21.3. The first-order chi connectivity index (χ1) is 52.9. The van der Waals surface area contributed by atoms with Crippen molar-refractivity contribution >= 4 is 67.4 Å². The van der Waals surface area contributed by atoms with Gasteiger partial charge < -0.3 is 58.0 Å². The van der Waals surface area contributed by atoms with Gasteiger partial charge in [0.15, 0.2) is 28.8 Å². The second-order valence-electron chi connectivity index (χ2n) is 40.2. The molecule has 13 aliphatic rings. The predicted octanol–water partition coefficient (Wildman–Crippen LogP) is 19.2. The third-order valence-electron chi connectivity index (χ3n) is 34.1. The van der Waals surface area contributed by atoms with E-state index in [1.54, 1.807) is 32.1 Å². The number of aliphatic hydroxyl groups is 4. The fraction of sp³-hybridized carbons (Fsp3) is 0.684. The van der Waals surface area contributed by atoms with Gasteiger partial charge in [-0.25, -0.2) is 9.59 Å². The van der Waals surface area contributed by atoms with Gasteiger partial charge >= 0.3 is 41.9 Å². The first-order valence-corrected chi connectivity index (χ1v) is 43.3. The average Bonchev–Trinajstić information content (AvgIpc) is 0.686. The summed E-state index contributed by atoms with van der Waals surface area (Å²) in [6, 6.07) is 0. The fourth-order valence-corrected chi connectivity index (χ4v) is 25.5. The molecule has 9 saturated carbocycles. The molecule has 0 aliphatic heterocycles. The molecule has 9 fully saturated rings. The SMILES string of the molecule is CC1=C(O)C(=O)C=C2C1=CC=C1[C@@]2(C)CC[C@@]2(C)[C@@H]3C[C@](C)(C(N)=O)CC[C@]3(C)CC[C@]12C.CC1=C\C/C=C2\[C@](C)(/C=C/C(O)=C\1O)CC[C@@]1(C)[C@@H]3C[C@](C)(C(N)=O)CC[C@]3(C)CC[C@]21C.CCOC(=O)OC1=C(OC(=O)OCC)/C(C)=C/C/C=C2\[C@](C)(\C=C\1)CC[C@@]1(C)[C@@H]3C[C@](C)(C(N)=O)CC[C@]3(C)CC[C@]21C.CO.ClCCl.[B].[H-].[Na+]. The van der Waals surface area contributed by atoms with Crippen molar-refractivity contribution in [3.05, 3.63) is 140 Å². The number of carbonyl (C=O) groups excluding carboxylic acids is 6. The van der Waals surface area contributed by atoms with Crippen LogP contribution in [0, 0.1) is 99.0 Å². The first-order valence-electron chi connectivity index (χ1n) is 42.2. The molecule has 0 unspecified atom stereocenters. The van der Waals surface area contributed by atoms with Crippen molar-refractivity contribution in [2.24, 2.45) is 116 Å². The maximum absolute atomic E-state index is 12.6. The molecule has 637 valence electrons. The summed E-state index contributed by atoms with van der Waals surface area (Å²) in [6.45, 7) is 44.3. The average molecular weight is 1650 g/mol. The van der Waals surface area contributed by atoms with Crippen LogP contribution in [0.1, 0.15) is 288 Å². The second kappa shape index (κ2) is 35.2. The van der Waals surface area contributed by atoms with Gasteiger partial charge in [-0.05, 0) is 289 Å². The Morgan fingerprint density at radius 1 is 0.483 bits per heavy atom. The molecule has 0 aromatic carbocycles. The Bertz CT molecular complexity index is 4270. The normalized spacial score (nSPS) is 44.0. The van der Waals surface area contributed by atoms with E-state index in [-0.39, 0.29) is 175 Å². The number of rotatable bonds is 7. The van der Waals surface area contributed by atoms with Gasteiger partial charge in [-0.1, -0.05) is 169 Å². The Labute approximate surface area is 729 Å². The zero-order valence-electron chi connectivity index (χ0n) is 75.4. The van der Waals surface area contributed by atoms with E-state index in [9.17, 15) is 44.1 Å². The number of halogens is 2. The van der Waals surface area contributed by atoms with Crippen molar-refractivity contribution in [2.45, 2.75) is 286 Å². The van der Waals surface area contributed by atoms with Gasteiger partial charge in [0.2, 0.25) is 23.5 Å². The first kappa shape index (κ1) is 97.6. The molecule has 0 heterocycles. The van der Waals surface area contributed by atoms with Gasteiger partial charge in [0.1, 0.15) is 0 Å². The van der Waals surface area contributed by atoms with Gasteiger partial charge in [-0.2, -0.15) is 0 Å². The monoisotopic (exact) mass is 1650 g/mol. The number of fused-ring (bicyclic) bond motifs is 17. The van der Waals surface area contributed by atoms with Crippen LogP contribution in [-0.4, -0.2) is 90.3 Å². The minimum absolute atomic E-state index is 0. The Morgan fingerprint density at radius 3 is 1.24 bits per heavy atom. The molecule has 13 aliphatic carbocycles. The van der Waals surface area contributed by atoms with Crippen LogP contribution in [0.5, 0.6) is 0 Å². The molecule has 18 atom stereocenters. The maximum Gasteiger partial charge on any atom is 1.00 e. The van der Waals surface area contributed by atoms with E-state index in [0.29, 0.717) is 40.9 Å². The van der Waals surface area contributed by atoms with Crippen LogP contribution in [-0.2, 0) is 38.1 Å². The number of ether oxygens (including phenoxy) is 4. The Kier molecular flexibility index (Phi) is 29.6. The zero-order valence-corrected chi connectivity index (χ0v) is 77.9. The number of aliphatic hydroxyl groups excluding tert-OH is 4. The Hall–Kier alpha value is -5.50. The summed E-state index contributed by atoms with van der Waals surface area (Å²) in [5.74, 6) is 0.452. The van der Waals surface area contributed by atoms with Crippen molar-refractivity contribution in [2.75, 3.05) is 25.7 Å². The number of ketones is 1. The number of allylic oxidation sites excluding steroid dienone is 19. The van der Waals surface area contributed by atoms with Crippen LogP contribution in [0.4, 0.5) is 9.59 Å². The maximum atomic E-state index is 12.6. The van der Waals surface area contributed by atoms with Gasteiger partial charge in [-0.15, -0.1) is 23.2 Å². The molecule has 21 heteroatoms. The molecule has 116 heavy (non-hydrogen) atoms. The Balaban J connectivity index is 0.000000264. The van der Waals surface area contributed by atoms with Crippen LogP contribution < -0.4 is 46.8 Å². The van der Waals surface area contributed by atoms with E-state index < -0.39 is 28.6 Å². The molecule has 0 saturated heterocycles. The molecule has 0 aromatic heterocycles. The predicted molar refractivity (Wildman–Crippen MR) is 459 cm³/mol. The second-order valence-corrected chi connectivity index (χ2v) is 41.0. The van der Waals surface area contributed by atoms with Crippen molar-refractivity contribution in [1.29, 1.82) is 0 Å². The van der Waals surface area contributed by atoms with Crippen LogP contribution >= 0.6 is 23.2 Å².